The largest absolute Gasteiger partial charge is 0.0590 e. The summed E-state index contributed by atoms with van der Waals surface area (Å²) in [5, 5.41) is 0. The Morgan fingerprint density at radius 2 is 1.83 bits per heavy atom. The number of benzene rings is 1. The molecule has 3 rings (SSSR count). The normalized spacial score (nSPS) is 30.8. The van der Waals surface area contributed by atoms with Crippen molar-refractivity contribution in [2.45, 2.75) is 38.0 Å². The summed E-state index contributed by atoms with van der Waals surface area (Å²) in [4.78, 5) is 0. The molecule has 0 aromatic heterocycles. The molecule has 0 radical (unpaired) electrons. The molecular formula is C12H14. The van der Waals surface area contributed by atoms with Gasteiger partial charge in [0.2, 0.25) is 0 Å². The first-order valence-electron chi connectivity index (χ1n) is 4.95. The Kier molecular flexibility index (Phi) is 1.19. The Hall–Kier alpha value is -0.780. The fraction of sp³-hybridized carbons (Fsp3) is 0.500. The minimum atomic E-state index is 0.921. The van der Waals surface area contributed by atoms with Crippen molar-refractivity contribution < 1.29 is 0 Å². The highest BCUT2D eigenvalue weighted by Crippen LogP contribution is 2.52. The molecule has 2 bridgehead atoms. The summed E-state index contributed by atoms with van der Waals surface area (Å²) in [6.07, 6.45) is 4.33. The average Bonchev–Trinajstić information content (AvgIpc) is 2.63. The van der Waals surface area contributed by atoms with E-state index in [-0.39, 0.29) is 0 Å². The van der Waals surface area contributed by atoms with Gasteiger partial charge in [-0.1, -0.05) is 23.8 Å². The molecule has 0 spiro atoms. The van der Waals surface area contributed by atoms with Gasteiger partial charge in [0.05, 0.1) is 0 Å². The summed E-state index contributed by atoms with van der Waals surface area (Å²) < 4.78 is 0. The van der Waals surface area contributed by atoms with Gasteiger partial charge in [-0.25, -0.2) is 0 Å². The second-order valence-corrected chi connectivity index (χ2v) is 4.34. The summed E-state index contributed by atoms with van der Waals surface area (Å²) in [7, 11) is 0. The van der Waals surface area contributed by atoms with Crippen LogP contribution in [0.4, 0.5) is 0 Å². The van der Waals surface area contributed by atoms with E-state index in [1.807, 2.05) is 0 Å². The van der Waals surface area contributed by atoms with Gasteiger partial charge in [0.15, 0.2) is 0 Å². The van der Waals surface area contributed by atoms with Crippen molar-refractivity contribution in [1.82, 2.24) is 0 Å². The smallest absolute Gasteiger partial charge is 0.0153 e. The van der Waals surface area contributed by atoms with Crippen LogP contribution in [-0.2, 0) is 0 Å². The summed E-state index contributed by atoms with van der Waals surface area (Å²) in [6.45, 7) is 2.20. The number of hydrogen-bond acceptors (Lipinski definition) is 0. The lowest BCUT2D eigenvalue weighted by Gasteiger charge is -2.14. The van der Waals surface area contributed by atoms with E-state index in [0.717, 1.165) is 11.8 Å². The molecule has 0 aliphatic heterocycles. The highest BCUT2D eigenvalue weighted by Gasteiger charge is 2.36. The molecule has 0 heterocycles. The monoisotopic (exact) mass is 158 g/mol. The fourth-order valence-corrected chi connectivity index (χ4v) is 2.97. The lowest BCUT2D eigenvalue weighted by molar-refractivity contribution is 0.717. The van der Waals surface area contributed by atoms with Crippen molar-refractivity contribution in [3.63, 3.8) is 0 Å². The molecule has 1 fully saturated rings. The third kappa shape index (κ3) is 0.730. The predicted molar refractivity (Wildman–Crippen MR) is 50.5 cm³/mol. The van der Waals surface area contributed by atoms with Gasteiger partial charge in [0, 0.05) is 0 Å². The van der Waals surface area contributed by atoms with Crippen LogP contribution in [0.5, 0.6) is 0 Å². The van der Waals surface area contributed by atoms with Gasteiger partial charge >= 0.3 is 0 Å². The zero-order chi connectivity index (χ0) is 8.13. The second kappa shape index (κ2) is 2.12. The van der Waals surface area contributed by atoms with Gasteiger partial charge in [0.25, 0.3) is 0 Å². The summed E-state index contributed by atoms with van der Waals surface area (Å²) in [6, 6.07) is 7.02. The maximum Gasteiger partial charge on any atom is -0.0153 e. The van der Waals surface area contributed by atoms with Crippen molar-refractivity contribution in [3.05, 3.63) is 34.9 Å². The van der Waals surface area contributed by atoms with E-state index in [1.165, 1.54) is 24.8 Å². The molecule has 1 aromatic carbocycles. The van der Waals surface area contributed by atoms with Gasteiger partial charge in [0.1, 0.15) is 0 Å². The molecule has 0 amide bonds. The molecule has 0 heteroatoms. The first-order valence-corrected chi connectivity index (χ1v) is 4.95. The van der Waals surface area contributed by atoms with Crippen LogP contribution in [0, 0.1) is 6.92 Å². The first-order chi connectivity index (χ1) is 5.84. The Morgan fingerprint density at radius 3 is 2.67 bits per heavy atom. The van der Waals surface area contributed by atoms with Crippen LogP contribution in [0.15, 0.2) is 18.2 Å². The van der Waals surface area contributed by atoms with E-state index >= 15 is 0 Å². The van der Waals surface area contributed by atoms with Crippen LogP contribution in [0.3, 0.4) is 0 Å². The van der Waals surface area contributed by atoms with E-state index in [2.05, 4.69) is 25.1 Å². The quantitative estimate of drug-likeness (QED) is 0.543. The van der Waals surface area contributed by atoms with Gasteiger partial charge < -0.3 is 0 Å². The summed E-state index contributed by atoms with van der Waals surface area (Å²) in [5.41, 5.74) is 4.77. The van der Waals surface area contributed by atoms with Crippen LogP contribution in [0.1, 0.15) is 47.8 Å². The van der Waals surface area contributed by atoms with Crippen molar-refractivity contribution >= 4 is 0 Å². The van der Waals surface area contributed by atoms with Crippen LogP contribution >= 0.6 is 0 Å². The SMILES string of the molecule is Cc1ccc2c(c1)C1CCC2C1. The molecule has 2 atom stereocenters. The van der Waals surface area contributed by atoms with Crippen molar-refractivity contribution in [1.29, 1.82) is 0 Å². The number of aryl methyl sites for hydroxylation is 1. The molecule has 2 unspecified atom stereocenters. The number of rotatable bonds is 0. The zero-order valence-corrected chi connectivity index (χ0v) is 7.51. The molecule has 0 saturated heterocycles. The number of fused-ring (bicyclic) bond motifs is 5. The molecule has 62 valence electrons. The number of hydrogen-bond donors (Lipinski definition) is 0. The minimum Gasteiger partial charge on any atom is -0.0590 e. The molecule has 2 aliphatic carbocycles. The van der Waals surface area contributed by atoms with E-state index in [9.17, 15) is 0 Å². The van der Waals surface area contributed by atoms with Gasteiger partial charge in [-0.3, -0.25) is 0 Å². The predicted octanol–water partition coefficient (Wildman–Crippen LogP) is 3.36. The summed E-state index contributed by atoms with van der Waals surface area (Å²) in [5.74, 6) is 1.84. The van der Waals surface area contributed by atoms with Crippen LogP contribution in [-0.4, -0.2) is 0 Å². The van der Waals surface area contributed by atoms with Gasteiger partial charge in [-0.15, -0.1) is 0 Å². The standard InChI is InChI=1S/C12H14/c1-8-2-5-11-9-3-4-10(7-9)12(11)6-8/h2,5-6,9-10H,3-4,7H2,1H3. The molecule has 0 nitrogen and oxygen atoms in total. The lowest BCUT2D eigenvalue weighted by atomic mass is 9.91. The summed E-state index contributed by atoms with van der Waals surface area (Å²) >= 11 is 0. The Bertz CT molecular complexity index is 325. The highest BCUT2D eigenvalue weighted by molar-refractivity contribution is 5.43. The molecule has 0 N–H and O–H groups in total. The van der Waals surface area contributed by atoms with Gasteiger partial charge in [-0.05, 0) is 49.1 Å². The molecule has 1 aromatic rings. The molecule has 2 aliphatic rings. The Morgan fingerprint density at radius 1 is 1.08 bits per heavy atom. The van der Waals surface area contributed by atoms with Crippen molar-refractivity contribution in [3.8, 4) is 0 Å². The second-order valence-electron chi connectivity index (χ2n) is 4.34. The minimum absolute atomic E-state index is 0.921. The molecular weight excluding hydrogens is 144 g/mol. The highest BCUT2D eigenvalue weighted by atomic mass is 14.4. The van der Waals surface area contributed by atoms with Gasteiger partial charge in [-0.2, -0.15) is 0 Å². The van der Waals surface area contributed by atoms with E-state index in [0.29, 0.717) is 0 Å². The fourth-order valence-electron chi connectivity index (χ4n) is 2.97. The molecule has 12 heavy (non-hydrogen) atoms. The average molecular weight is 158 g/mol. The van der Waals surface area contributed by atoms with Crippen LogP contribution in [0.25, 0.3) is 0 Å². The molecule has 1 saturated carbocycles. The van der Waals surface area contributed by atoms with E-state index in [1.54, 1.807) is 11.1 Å². The topological polar surface area (TPSA) is 0 Å². The van der Waals surface area contributed by atoms with Crippen LogP contribution in [0.2, 0.25) is 0 Å². The van der Waals surface area contributed by atoms with E-state index < -0.39 is 0 Å². The lowest BCUT2D eigenvalue weighted by Crippen LogP contribution is -1.97. The van der Waals surface area contributed by atoms with Crippen LogP contribution < -0.4 is 0 Å². The van der Waals surface area contributed by atoms with E-state index in [4.69, 9.17) is 0 Å². The van der Waals surface area contributed by atoms with Crippen molar-refractivity contribution in [2.24, 2.45) is 0 Å². The van der Waals surface area contributed by atoms with Crippen molar-refractivity contribution in [2.75, 3.05) is 0 Å². The zero-order valence-electron chi connectivity index (χ0n) is 7.51. The third-order valence-electron chi connectivity index (χ3n) is 3.55. The third-order valence-corrected chi connectivity index (χ3v) is 3.55. The maximum absolute atomic E-state index is 2.40. The first kappa shape index (κ1) is 6.71. The Labute approximate surface area is 73.6 Å². The Balaban J connectivity index is 2.20. The maximum atomic E-state index is 2.40.